The second-order valence-electron chi connectivity index (χ2n) is 8.66. The Bertz CT molecular complexity index is 750. The van der Waals surface area contributed by atoms with E-state index in [4.69, 9.17) is 5.73 Å². The average molecular weight is 411 g/mol. The maximum atomic E-state index is 5.85. The monoisotopic (exact) mass is 410 g/mol. The van der Waals surface area contributed by atoms with Gasteiger partial charge in [0.15, 0.2) is 0 Å². The molecule has 0 bridgehead atoms. The van der Waals surface area contributed by atoms with Gasteiger partial charge in [-0.05, 0) is 54.3 Å². The lowest BCUT2D eigenvalue weighted by atomic mass is 9.60. The first-order chi connectivity index (χ1) is 14.2. The molecule has 1 spiro atoms. The molecule has 29 heavy (non-hydrogen) atoms. The van der Waals surface area contributed by atoms with E-state index in [1.165, 1.54) is 42.1 Å². The van der Waals surface area contributed by atoms with Crippen molar-refractivity contribution in [3.8, 4) is 0 Å². The van der Waals surface area contributed by atoms with Crippen molar-refractivity contribution in [3.63, 3.8) is 0 Å². The van der Waals surface area contributed by atoms with Gasteiger partial charge in [0, 0.05) is 62.4 Å². The van der Waals surface area contributed by atoms with Gasteiger partial charge >= 0.3 is 0 Å². The van der Waals surface area contributed by atoms with Gasteiger partial charge in [0.25, 0.3) is 0 Å². The van der Waals surface area contributed by atoms with Crippen molar-refractivity contribution in [2.24, 2.45) is 11.1 Å². The minimum atomic E-state index is 0.594. The molecule has 2 aromatic rings. The Morgan fingerprint density at radius 2 is 1.79 bits per heavy atom. The Labute approximate surface area is 179 Å². The molecule has 2 aliphatic rings. The van der Waals surface area contributed by atoms with Crippen LogP contribution in [0.1, 0.15) is 18.4 Å². The highest BCUT2D eigenvalue weighted by Gasteiger charge is 2.51. The van der Waals surface area contributed by atoms with Crippen LogP contribution < -0.4 is 16.0 Å². The van der Waals surface area contributed by atoms with Crippen molar-refractivity contribution in [3.05, 3.63) is 60.2 Å². The number of likely N-dealkylation sites (tertiary alicyclic amines) is 1. The molecule has 0 radical (unpaired) electrons. The Balaban J connectivity index is 1.16. The number of rotatable bonds is 10. The molecule has 0 unspecified atom stereocenters. The zero-order valence-electron chi connectivity index (χ0n) is 17.5. The molecule has 1 saturated heterocycles. The van der Waals surface area contributed by atoms with Crippen molar-refractivity contribution >= 4 is 17.4 Å². The molecule has 4 nitrogen and oxygen atoms in total. The SMILES string of the molecule is CSc1ccc(N(CCN)CCNC2CC3(C2)CN(Cc2ccccc2)C3)cc1. The number of nitrogens with zero attached hydrogens (tertiary/aromatic N) is 2. The number of hydrogen-bond acceptors (Lipinski definition) is 5. The summed E-state index contributed by atoms with van der Waals surface area (Å²) in [6.07, 6.45) is 4.78. The summed E-state index contributed by atoms with van der Waals surface area (Å²) in [5.41, 5.74) is 9.15. The van der Waals surface area contributed by atoms with Gasteiger partial charge in [-0.2, -0.15) is 0 Å². The Hall–Kier alpha value is -1.53. The Morgan fingerprint density at radius 1 is 1.07 bits per heavy atom. The van der Waals surface area contributed by atoms with Crippen molar-refractivity contribution in [1.82, 2.24) is 10.2 Å². The summed E-state index contributed by atoms with van der Waals surface area (Å²) in [4.78, 5) is 6.30. The molecule has 4 rings (SSSR count). The van der Waals surface area contributed by atoms with Gasteiger partial charge < -0.3 is 16.0 Å². The molecule has 1 saturated carbocycles. The fourth-order valence-electron chi connectivity index (χ4n) is 4.97. The zero-order valence-corrected chi connectivity index (χ0v) is 18.3. The van der Waals surface area contributed by atoms with E-state index in [9.17, 15) is 0 Å². The third-order valence-corrected chi connectivity index (χ3v) is 7.12. The number of hydrogen-bond donors (Lipinski definition) is 2. The third-order valence-electron chi connectivity index (χ3n) is 6.38. The molecule has 0 amide bonds. The van der Waals surface area contributed by atoms with Crippen LogP contribution in [-0.2, 0) is 6.54 Å². The third kappa shape index (κ3) is 5.15. The van der Waals surface area contributed by atoms with Crippen LogP contribution in [0.3, 0.4) is 0 Å². The highest BCUT2D eigenvalue weighted by Crippen LogP contribution is 2.48. The maximum absolute atomic E-state index is 5.85. The highest BCUT2D eigenvalue weighted by atomic mass is 32.2. The van der Waals surface area contributed by atoms with Crippen molar-refractivity contribution in [2.75, 3.05) is 50.4 Å². The van der Waals surface area contributed by atoms with Crippen LogP contribution in [0.2, 0.25) is 0 Å². The van der Waals surface area contributed by atoms with E-state index in [1.807, 2.05) is 0 Å². The highest BCUT2D eigenvalue weighted by molar-refractivity contribution is 7.98. The van der Waals surface area contributed by atoms with E-state index in [0.29, 0.717) is 18.0 Å². The van der Waals surface area contributed by atoms with Crippen LogP contribution in [0.25, 0.3) is 0 Å². The molecule has 1 aliphatic carbocycles. The Kier molecular flexibility index (Phi) is 6.81. The number of anilines is 1. The van der Waals surface area contributed by atoms with E-state index in [-0.39, 0.29) is 0 Å². The first-order valence-electron chi connectivity index (χ1n) is 10.8. The first kappa shape index (κ1) is 20.7. The zero-order chi connectivity index (χ0) is 20.1. The van der Waals surface area contributed by atoms with E-state index in [0.717, 1.165) is 26.2 Å². The summed E-state index contributed by atoms with van der Waals surface area (Å²) in [7, 11) is 0. The van der Waals surface area contributed by atoms with Crippen LogP contribution >= 0.6 is 11.8 Å². The van der Waals surface area contributed by atoms with Gasteiger partial charge in [0.05, 0.1) is 0 Å². The minimum absolute atomic E-state index is 0.594. The van der Waals surface area contributed by atoms with Crippen LogP contribution in [0, 0.1) is 5.41 Å². The van der Waals surface area contributed by atoms with Crippen molar-refractivity contribution < 1.29 is 0 Å². The van der Waals surface area contributed by atoms with Crippen LogP contribution in [0.5, 0.6) is 0 Å². The molecule has 1 heterocycles. The predicted octanol–water partition coefficient (Wildman–Crippen LogP) is 3.43. The summed E-state index contributed by atoms with van der Waals surface area (Å²) >= 11 is 1.78. The van der Waals surface area contributed by atoms with Gasteiger partial charge in [-0.1, -0.05) is 30.3 Å². The van der Waals surface area contributed by atoms with E-state index >= 15 is 0 Å². The summed E-state index contributed by atoms with van der Waals surface area (Å²) in [5, 5.41) is 3.78. The number of thioether (sulfide) groups is 1. The standard InChI is InChI=1S/C24H34N4S/c1-29-23-9-7-22(8-10-23)28(13-11-25)14-12-26-21-15-24(16-21)18-27(19-24)17-20-5-3-2-4-6-20/h2-10,21,26H,11-19,25H2,1H3. The fraction of sp³-hybridized carbons (Fsp3) is 0.500. The molecule has 2 fully saturated rings. The molecular weight excluding hydrogens is 376 g/mol. The van der Waals surface area contributed by atoms with Gasteiger partial charge in [-0.15, -0.1) is 11.8 Å². The smallest absolute Gasteiger partial charge is 0.0367 e. The summed E-state index contributed by atoms with van der Waals surface area (Å²) in [6, 6.07) is 20.4. The molecule has 0 atom stereocenters. The molecular formula is C24H34N4S. The largest absolute Gasteiger partial charge is 0.369 e. The summed E-state index contributed by atoms with van der Waals surface area (Å²) in [5.74, 6) is 0. The minimum Gasteiger partial charge on any atom is -0.369 e. The number of benzene rings is 2. The molecule has 3 N–H and O–H groups in total. The first-order valence-corrected chi connectivity index (χ1v) is 12.0. The molecule has 2 aromatic carbocycles. The molecule has 156 valence electrons. The summed E-state index contributed by atoms with van der Waals surface area (Å²) in [6.45, 7) is 7.27. The lowest BCUT2D eigenvalue weighted by Gasteiger charge is -2.59. The van der Waals surface area contributed by atoms with Crippen LogP contribution in [0.4, 0.5) is 5.69 Å². The van der Waals surface area contributed by atoms with Gasteiger partial charge in [-0.25, -0.2) is 0 Å². The van der Waals surface area contributed by atoms with E-state index in [1.54, 1.807) is 11.8 Å². The molecule has 1 aliphatic heterocycles. The topological polar surface area (TPSA) is 44.5 Å². The van der Waals surface area contributed by atoms with Gasteiger partial charge in [0.1, 0.15) is 0 Å². The quantitative estimate of drug-likeness (QED) is 0.588. The number of nitrogens with one attached hydrogen (secondary N) is 1. The van der Waals surface area contributed by atoms with Crippen molar-refractivity contribution in [2.45, 2.75) is 30.3 Å². The second-order valence-corrected chi connectivity index (χ2v) is 9.54. The Morgan fingerprint density at radius 3 is 2.45 bits per heavy atom. The lowest BCUT2D eigenvalue weighted by molar-refractivity contribution is -0.0826. The predicted molar refractivity (Wildman–Crippen MR) is 125 cm³/mol. The number of nitrogens with two attached hydrogens (primary N) is 1. The van der Waals surface area contributed by atoms with Gasteiger partial charge in [-0.3, -0.25) is 4.90 Å². The average Bonchev–Trinajstić information content (AvgIpc) is 2.70. The lowest BCUT2D eigenvalue weighted by Crippen LogP contribution is -2.65. The van der Waals surface area contributed by atoms with Gasteiger partial charge in [0.2, 0.25) is 0 Å². The maximum Gasteiger partial charge on any atom is 0.0367 e. The molecule has 5 heteroatoms. The van der Waals surface area contributed by atoms with E-state index < -0.39 is 0 Å². The normalized spacial score (nSPS) is 18.4. The van der Waals surface area contributed by atoms with Crippen LogP contribution in [-0.4, -0.2) is 56.5 Å². The second kappa shape index (κ2) is 9.52. The molecule has 0 aromatic heterocycles. The van der Waals surface area contributed by atoms with Crippen molar-refractivity contribution in [1.29, 1.82) is 0 Å². The summed E-state index contributed by atoms with van der Waals surface area (Å²) < 4.78 is 0. The fourth-order valence-corrected chi connectivity index (χ4v) is 5.37. The van der Waals surface area contributed by atoms with E-state index in [2.05, 4.69) is 76.0 Å². The van der Waals surface area contributed by atoms with Crippen LogP contribution in [0.15, 0.2) is 59.5 Å².